The Morgan fingerprint density at radius 2 is 1.72 bits per heavy atom. The third kappa shape index (κ3) is 2.78. The molecule has 8 heteroatoms. The number of aromatic nitrogens is 3. The molecule has 6 aromatic rings. The highest BCUT2D eigenvalue weighted by molar-refractivity contribution is 6.18. The molecule has 1 atom stereocenters. The molecule has 7 rings (SSSR count). The van der Waals surface area contributed by atoms with Gasteiger partial charge < -0.3 is 19.5 Å². The SMILES string of the molecule is O=C1C(O)=C(c2c[nH]c3ccccc23)C(c2coc3ccccc3c2=O)N1c1ccc2[nH]cnc2c1. The Balaban J connectivity index is 1.52. The van der Waals surface area contributed by atoms with E-state index in [2.05, 4.69) is 15.0 Å². The van der Waals surface area contributed by atoms with E-state index in [9.17, 15) is 14.7 Å². The number of H-pyrrole nitrogens is 2. The van der Waals surface area contributed by atoms with E-state index in [1.807, 2.05) is 30.3 Å². The minimum absolute atomic E-state index is 0.244. The van der Waals surface area contributed by atoms with Gasteiger partial charge >= 0.3 is 0 Å². The summed E-state index contributed by atoms with van der Waals surface area (Å²) in [6.07, 6.45) is 4.71. The number of imidazole rings is 1. The summed E-state index contributed by atoms with van der Waals surface area (Å²) in [6.45, 7) is 0. The van der Waals surface area contributed by atoms with Crippen molar-refractivity contribution in [3.8, 4) is 0 Å². The number of hydrogen-bond donors (Lipinski definition) is 3. The third-order valence-corrected chi connectivity index (χ3v) is 6.77. The zero-order valence-corrected chi connectivity index (χ0v) is 18.7. The lowest BCUT2D eigenvalue weighted by atomic mass is 9.93. The molecule has 1 aliphatic heterocycles. The fourth-order valence-electron chi connectivity index (χ4n) is 5.09. The largest absolute Gasteiger partial charge is 0.503 e. The molecule has 0 bridgehead atoms. The van der Waals surface area contributed by atoms with Crippen LogP contribution in [-0.2, 0) is 4.79 Å². The van der Waals surface area contributed by atoms with Gasteiger partial charge in [0.1, 0.15) is 11.8 Å². The van der Waals surface area contributed by atoms with E-state index in [1.54, 1.807) is 48.9 Å². The van der Waals surface area contributed by atoms with E-state index >= 15 is 0 Å². The van der Waals surface area contributed by atoms with Gasteiger partial charge in [-0.1, -0.05) is 30.3 Å². The summed E-state index contributed by atoms with van der Waals surface area (Å²) in [6, 6.07) is 19.0. The number of carbonyl (C=O) groups excluding carboxylic acids is 1. The molecule has 174 valence electrons. The number of benzene rings is 3. The van der Waals surface area contributed by atoms with Crippen LogP contribution in [0.2, 0.25) is 0 Å². The van der Waals surface area contributed by atoms with Gasteiger partial charge in [0.15, 0.2) is 11.2 Å². The highest BCUT2D eigenvalue weighted by Gasteiger charge is 2.44. The number of aliphatic hydroxyl groups is 1. The summed E-state index contributed by atoms with van der Waals surface area (Å²) in [7, 11) is 0. The Hall–Kier alpha value is -5.11. The van der Waals surface area contributed by atoms with Crippen LogP contribution in [0.3, 0.4) is 0 Å². The number of anilines is 1. The van der Waals surface area contributed by atoms with Crippen LogP contribution in [0, 0.1) is 0 Å². The van der Waals surface area contributed by atoms with Crippen molar-refractivity contribution in [2.24, 2.45) is 0 Å². The number of aliphatic hydroxyl groups excluding tert-OH is 1. The van der Waals surface area contributed by atoms with E-state index in [4.69, 9.17) is 4.42 Å². The van der Waals surface area contributed by atoms with Gasteiger partial charge in [0.05, 0.1) is 34.4 Å². The highest BCUT2D eigenvalue weighted by Crippen LogP contribution is 2.46. The fraction of sp³-hybridized carbons (Fsp3) is 0.0357. The van der Waals surface area contributed by atoms with E-state index in [-0.39, 0.29) is 11.0 Å². The zero-order valence-electron chi connectivity index (χ0n) is 18.7. The fourth-order valence-corrected chi connectivity index (χ4v) is 5.09. The molecule has 0 spiro atoms. The number of rotatable bonds is 3. The molecule has 8 nitrogen and oxygen atoms in total. The molecule has 1 amide bonds. The molecule has 4 heterocycles. The van der Waals surface area contributed by atoms with Crippen LogP contribution in [0.4, 0.5) is 5.69 Å². The molecule has 0 saturated heterocycles. The smallest absolute Gasteiger partial charge is 0.294 e. The lowest BCUT2D eigenvalue weighted by Gasteiger charge is -2.26. The Morgan fingerprint density at radius 3 is 2.61 bits per heavy atom. The molecule has 3 N–H and O–H groups in total. The van der Waals surface area contributed by atoms with E-state index in [1.165, 1.54) is 11.2 Å². The van der Waals surface area contributed by atoms with Crippen LogP contribution in [0.25, 0.3) is 38.5 Å². The molecule has 0 saturated carbocycles. The summed E-state index contributed by atoms with van der Waals surface area (Å²) in [4.78, 5) is 39.3. The topological polar surface area (TPSA) is 115 Å². The standard InChI is InChI=1S/C28H18N4O4/c33-26-17-6-2-4-8-23(17)36-13-19(26)25-24(18-12-29-20-7-3-1-5-16(18)20)27(34)28(35)32(25)15-9-10-21-22(11-15)31-14-30-21/h1-14,25,29,34H,(H,30,31). The van der Waals surface area contributed by atoms with Crippen molar-refractivity contribution >= 4 is 50.1 Å². The lowest BCUT2D eigenvalue weighted by molar-refractivity contribution is -0.117. The van der Waals surface area contributed by atoms with Crippen molar-refractivity contribution < 1.29 is 14.3 Å². The number of nitrogens with zero attached hydrogens (tertiary/aromatic N) is 2. The van der Waals surface area contributed by atoms with Crippen LogP contribution in [0.1, 0.15) is 17.2 Å². The molecule has 0 aliphatic carbocycles. The molecule has 3 aromatic heterocycles. The second kappa shape index (κ2) is 7.44. The number of fused-ring (bicyclic) bond motifs is 3. The first-order valence-corrected chi connectivity index (χ1v) is 11.4. The van der Waals surface area contributed by atoms with Crippen molar-refractivity contribution in [1.29, 1.82) is 0 Å². The van der Waals surface area contributed by atoms with Crippen LogP contribution in [0.5, 0.6) is 0 Å². The molecule has 0 fully saturated rings. The minimum atomic E-state index is -0.922. The molecular formula is C28H18N4O4. The molecule has 3 aromatic carbocycles. The molecule has 1 aliphatic rings. The molecule has 0 radical (unpaired) electrons. The second-order valence-electron chi connectivity index (χ2n) is 8.71. The Labute approximate surface area is 203 Å². The van der Waals surface area contributed by atoms with Gasteiger partial charge in [-0.05, 0) is 36.4 Å². The number of nitrogens with one attached hydrogen (secondary N) is 2. The monoisotopic (exact) mass is 474 g/mol. The van der Waals surface area contributed by atoms with Crippen molar-refractivity contribution in [3.05, 3.63) is 113 Å². The van der Waals surface area contributed by atoms with Crippen molar-refractivity contribution in [2.45, 2.75) is 6.04 Å². The average Bonchev–Trinajstić information content (AvgIpc) is 3.61. The summed E-state index contributed by atoms with van der Waals surface area (Å²) >= 11 is 0. The molecule has 1 unspecified atom stereocenters. The van der Waals surface area contributed by atoms with Gasteiger partial charge in [-0.3, -0.25) is 14.5 Å². The Kier molecular flexibility index (Phi) is 4.19. The first-order valence-electron chi connectivity index (χ1n) is 11.4. The maximum absolute atomic E-state index is 13.7. The summed E-state index contributed by atoms with van der Waals surface area (Å²) in [5, 5.41) is 12.5. The van der Waals surface area contributed by atoms with Crippen molar-refractivity contribution in [1.82, 2.24) is 15.0 Å². The van der Waals surface area contributed by atoms with Gasteiger partial charge in [0.2, 0.25) is 0 Å². The van der Waals surface area contributed by atoms with Gasteiger partial charge in [0, 0.05) is 33.9 Å². The van der Waals surface area contributed by atoms with Crippen LogP contribution in [-0.4, -0.2) is 26.0 Å². The first kappa shape index (κ1) is 20.3. The first-order chi connectivity index (χ1) is 17.6. The number of amides is 1. The maximum atomic E-state index is 13.7. The Bertz CT molecular complexity index is 1930. The Morgan fingerprint density at radius 1 is 0.917 bits per heavy atom. The van der Waals surface area contributed by atoms with Gasteiger partial charge in [-0.25, -0.2) is 4.98 Å². The van der Waals surface area contributed by atoms with Crippen molar-refractivity contribution in [2.75, 3.05) is 4.90 Å². The lowest BCUT2D eigenvalue weighted by Crippen LogP contribution is -2.32. The molecule has 36 heavy (non-hydrogen) atoms. The van der Waals surface area contributed by atoms with Gasteiger partial charge in [0.25, 0.3) is 5.91 Å². The number of para-hydroxylation sites is 2. The molecular weight excluding hydrogens is 456 g/mol. The minimum Gasteiger partial charge on any atom is -0.503 e. The number of carbonyl (C=O) groups is 1. The van der Waals surface area contributed by atoms with E-state index in [0.717, 1.165) is 16.4 Å². The normalized spacial score (nSPS) is 16.2. The predicted octanol–water partition coefficient (Wildman–Crippen LogP) is 5.21. The average molecular weight is 474 g/mol. The van der Waals surface area contributed by atoms with Crippen LogP contribution in [0.15, 0.2) is 100 Å². The predicted molar refractivity (Wildman–Crippen MR) is 137 cm³/mol. The third-order valence-electron chi connectivity index (χ3n) is 6.77. The van der Waals surface area contributed by atoms with Gasteiger partial charge in [-0.2, -0.15) is 0 Å². The summed E-state index contributed by atoms with van der Waals surface area (Å²) in [5.41, 5.74) is 4.20. The maximum Gasteiger partial charge on any atom is 0.294 e. The van der Waals surface area contributed by atoms with Crippen LogP contribution < -0.4 is 10.3 Å². The highest BCUT2D eigenvalue weighted by atomic mass is 16.3. The second-order valence-corrected chi connectivity index (χ2v) is 8.71. The van der Waals surface area contributed by atoms with E-state index in [0.29, 0.717) is 33.3 Å². The van der Waals surface area contributed by atoms with Gasteiger partial charge in [-0.15, -0.1) is 0 Å². The number of aromatic amines is 2. The summed E-state index contributed by atoms with van der Waals surface area (Å²) < 4.78 is 5.83. The number of hydrogen-bond acceptors (Lipinski definition) is 5. The van der Waals surface area contributed by atoms with E-state index < -0.39 is 17.7 Å². The zero-order chi connectivity index (χ0) is 24.4. The summed E-state index contributed by atoms with van der Waals surface area (Å²) in [5.74, 6) is -1.03. The van der Waals surface area contributed by atoms with Crippen LogP contribution >= 0.6 is 0 Å². The van der Waals surface area contributed by atoms with Crippen molar-refractivity contribution in [3.63, 3.8) is 0 Å². The quantitative estimate of drug-likeness (QED) is 0.326.